The Morgan fingerprint density at radius 3 is 2.93 bits per heavy atom. The lowest BCUT2D eigenvalue weighted by Crippen LogP contribution is -2.24. The van der Waals surface area contributed by atoms with Gasteiger partial charge >= 0.3 is 0 Å². The first-order chi connectivity index (χ1) is 7.18. The first kappa shape index (κ1) is 11.1. The number of rotatable bonds is 1. The van der Waals surface area contributed by atoms with Crippen molar-refractivity contribution < 1.29 is 4.74 Å². The van der Waals surface area contributed by atoms with Crippen LogP contribution in [-0.2, 0) is 4.74 Å². The fourth-order valence-corrected chi connectivity index (χ4v) is 2.36. The molecule has 1 fully saturated rings. The monoisotopic (exact) mass is 246 g/mol. The Hall–Kier alpha value is -0.380. The molecule has 0 aliphatic carbocycles. The van der Waals surface area contributed by atoms with Crippen molar-refractivity contribution in [1.29, 1.82) is 0 Å². The molecule has 0 spiro atoms. The molecule has 0 radical (unpaired) electrons. The van der Waals surface area contributed by atoms with Crippen molar-refractivity contribution in [3.8, 4) is 0 Å². The van der Waals surface area contributed by atoms with Gasteiger partial charge in [0.15, 0.2) is 10.3 Å². The van der Waals surface area contributed by atoms with Crippen LogP contribution in [0.4, 0.5) is 0 Å². The molecule has 0 N–H and O–H groups in total. The van der Waals surface area contributed by atoms with Gasteiger partial charge in [-0.15, -0.1) is 10.2 Å². The molecule has 1 aliphatic rings. The van der Waals surface area contributed by atoms with Gasteiger partial charge in [0.2, 0.25) is 0 Å². The first-order valence-corrected chi connectivity index (χ1v) is 5.70. The minimum atomic E-state index is 0.374. The molecule has 1 saturated heterocycles. The van der Waals surface area contributed by atoms with Gasteiger partial charge < -0.3 is 4.74 Å². The lowest BCUT2D eigenvalue weighted by molar-refractivity contribution is 0.0472. The van der Waals surface area contributed by atoms with Crippen molar-refractivity contribution in [2.24, 2.45) is 5.92 Å². The quantitative estimate of drug-likeness (QED) is 0.765. The summed E-state index contributed by atoms with van der Waals surface area (Å²) in [4.78, 5) is 0. The van der Waals surface area contributed by atoms with Crippen LogP contribution in [-0.4, -0.2) is 23.4 Å². The zero-order valence-electron chi connectivity index (χ0n) is 8.41. The lowest BCUT2D eigenvalue weighted by Gasteiger charge is -2.29. The third-order valence-corrected chi connectivity index (χ3v) is 3.26. The summed E-state index contributed by atoms with van der Waals surface area (Å²) in [6.07, 6.45) is 0.961. The van der Waals surface area contributed by atoms with Crippen LogP contribution in [0.1, 0.15) is 24.8 Å². The molecule has 82 valence electrons. The number of ether oxygens (including phenoxy) is 1. The second-order valence-corrected chi connectivity index (χ2v) is 4.61. The molecule has 15 heavy (non-hydrogen) atoms. The molecule has 0 saturated carbocycles. The molecule has 2 rings (SSSR count). The van der Waals surface area contributed by atoms with Crippen LogP contribution in [0.3, 0.4) is 0 Å². The largest absolute Gasteiger partial charge is 0.381 e. The Kier molecular flexibility index (Phi) is 3.44. The van der Waals surface area contributed by atoms with E-state index in [0.717, 1.165) is 25.2 Å². The molecule has 0 aromatic carbocycles. The van der Waals surface area contributed by atoms with E-state index in [0.29, 0.717) is 22.1 Å². The summed E-state index contributed by atoms with van der Waals surface area (Å²) < 4.78 is 5.39. The molecule has 1 aliphatic heterocycles. The average molecular weight is 247 g/mol. The van der Waals surface area contributed by atoms with Gasteiger partial charge in [-0.2, -0.15) is 0 Å². The maximum absolute atomic E-state index is 6.02. The van der Waals surface area contributed by atoms with Gasteiger partial charge in [0.25, 0.3) is 0 Å². The van der Waals surface area contributed by atoms with E-state index < -0.39 is 0 Å². The maximum Gasteiger partial charge on any atom is 0.155 e. The van der Waals surface area contributed by atoms with Crippen molar-refractivity contribution in [3.05, 3.63) is 21.9 Å². The summed E-state index contributed by atoms with van der Waals surface area (Å²) >= 11 is 11.8. The van der Waals surface area contributed by atoms with Crippen molar-refractivity contribution >= 4 is 23.2 Å². The van der Waals surface area contributed by atoms with E-state index >= 15 is 0 Å². The highest BCUT2D eigenvalue weighted by atomic mass is 35.5. The predicted molar refractivity (Wildman–Crippen MR) is 59.4 cm³/mol. The van der Waals surface area contributed by atoms with Crippen LogP contribution in [0.15, 0.2) is 6.07 Å². The van der Waals surface area contributed by atoms with Gasteiger partial charge in [-0.05, 0) is 29.9 Å². The Morgan fingerprint density at radius 1 is 1.40 bits per heavy atom. The van der Waals surface area contributed by atoms with E-state index in [1.54, 1.807) is 0 Å². The molecular weight excluding hydrogens is 235 g/mol. The van der Waals surface area contributed by atoms with Crippen LogP contribution >= 0.6 is 23.2 Å². The topological polar surface area (TPSA) is 35.0 Å². The fourth-order valence-electron chi connectivity index (χ4n) is 1.97. The van der Waals surface area contributed by atoms with Crippen LogP contribution < -0.4 is 0 Å². The molecule has 2 atom stereocenters. The minimum absolute atomic E-state index is 0.374. The van der Waals surface area contributed by atoms with Gasteiger partial charge in [0.1, 0.15) is 0 Å². The van der Waals surface area contributed by atoms with E-state index in [9.17, 15) is 0 Å². The van der Waals surface area contributed by atoms with E-state index in [-0.39, 0.29) is 0 Å². The molecular formula is C10H12Cl2N2O. The van der Waals surface area contributed by atoms with Crippen molar-refractivity contribution in [1.82, 2.24) is 10.2 Å². The molecule has 0 amide bonds. The first-order valence-electron chi connectivity index (χ1n) is 4.95. The summed E-state index contributed by atoms with van der Waals surface area (Å²) in [6, 6.07) is 1.81. The van der Waals surface area contributed by atoms with Crippen LogP contribution in [0.2, 0.25) is 10.3 Å². The summed E-state index contributed by atoms with van der Waals surface area (Å²) in [5.41, 5.74) is 0.993. The standard InChI is InChI=1S/C10H12Cl2N2O/c1-6-5-15-3-2-7(6)8-4-9(11)13-14-10(8)12/h4,6-7H,2-3,5H2,1H3/t6-,7?/m1/s1. The van der Waals surface area contributed by atoms with Crippen molar-refractivity contribution in [3.63, 3.8) is 0 Å². The van der Waals surface area contributed by atoms with E-state index in [1.807, 2.05) is 6.07 Å². The Morgan fingerprint density at radius 2 is 2.20 bits per heavy atom. The normalized spacial score (nSPS) is 26.6. The Labute approximate surface area is 98.7 Å². The molecule has 5 heteroatoms. The van der Waals surface area contributed by atoms with E-state index in [4.69, 9.17) is 27.9 Å². The van der Waals surface area contributed by atoms with Gasteiger partial charge in [0.05, 0.1) is 0 Å². The highest BCUT2D eigenvalue weighted by Crippen LogP contribution is 2.35. The smallest absolute Gasteiger partial charge is 0.155 e. The lowest BCUT2D eigenvalue weighted by atomic mass is 9.85. The number of halogens is 2. The van der Waals surface area contributed by atoms with Gasteiger partial charge in [-0.25, -0.2) is 0 Å². The summed E-state index contributed by atoms with van der Waals surface area (Å²) in [5, 5.41) is 8.40. The van der Waals surface area contributed by atoms with Crippen LogP contribution in [0.5, 0.6) is 0 Å². The Bertz CT molecular complexity index is 359. The predicted octanol–water partition coefficient (Wildman–Crippen LogP) is 2.92. The Balaban J connectivity index is 2.30. The molecule has 2 heterocycles. The third kappa shape index (κ3) is 2.41. The highest BCUT2D eigenvalue weighted by molar-refractivity contribution is 6.31. The zero-order valence-corrected chi connectivity index (χ0v) is 9.92. The summed E-state index contributed by atoms with van der Waals surface area (Å²) in [5.74, 6) is 0.816. The molecule has 1 aromatic rings. The second-order valence-electron chi connectivity index (χ2n) is 3.86. The van der Waals surface area contributed by atoms with Crippen LogP contribution in [0, 0.1) is 5.92 Å². The average Bonchev–Trinajstić information content (AvgIpc) is 2.23. The fraction of sp³-hybridized carbons (Fsp3) is 0.600. The SMILES string of the molecule is C[C@@H]1COCCC1c1cc(Cl)nnc1Cl. The molecule has 1 aromatic heterocycles. The summed E-state index contributed by atoms with van der Waals surface area (Å²) in [6.45, 7) is 3.68. The molecule has 3 nitrogen and oxygen atoms in total. The second kappa shape index (κ2) is 4.64. The van der Waals surface area contributed by atoms with Crippen molar-refractivity contribution in [2.45, 2.75) is 19.3 Å². The van der Waals surface area contributed by atoms with Crippen LogP contribution in [0.25, 0.3) is 0 Å². The highest BCUT2D eigenvalue weighted by Gasteiger charge is 2.26. The van der Waals surface area contributed by atoms with Gasteiger partial charge in [-0.1, -0.05) is 30.1 Å². The van der Waals surface area contributed by atoms with E-state index in [2.05, 4.69) is 17.1 Å². The summed E-state index contributed by atoms with van der Waals surface area (Å²) in [7, 11) is 0. The van der Waals surface area contributed by atoms with Gasteiger partial charge in [-0.3, -0.25) is 0 Å². The number of nitrogens with zero attached hydrogens (tertiary/aromatic N) is 2. The van der Waals surface area contributed by atoms with Crippen molar-refractivity contribution in [2.75, 3.05) is 13.2 Å². The number of hydrogen-bond acceptors (Lipinski definition) is 3. The minimum Gasteiger partial charge on any atom is -0.381 e. The zero-order chi connectivity index (χ0) is 10.8. The molecule has 0 bridgehead atoms. The maximum atomic E-state index is 6.02. The third-order valence-electron chi connectivity index (χ3n) is 2.79. The van der Waals surface area contributed by atoms with Gasteiger partial charge in [0, 0.05) is 13.2 Å². The number of hydrogen-bond donors (Lipinski definition) is 0. The van der Waals surface area contributed by atoms with E-state index in [1.165, 1.54) is 0 Å². The number of aromatic nitrogens is 2. The molecule has 1 unspecified atom stereocenters.